The van der Waals surface area contributed by atoms with Crippen molar-refractivity contribution in [3.05, 3.63) is 30.0 Å². The Bertz CT molecular complexity index is 606. The van der Waals surface area contributed by atoms with Crippen LogP contribution in [0.2, 0.25) is 0 Å². The smallest absolute Gasteiger partial charge is 0.246 e. The molecule has 2 heterocycles. The van der Waals surface area contributed by atoms with Crippen LogP contribution in [0.15, 0.2) is 28.7 Å². The summed E-state index contributed by atoms with van der Waals surface area (Å²) < 4.78 is 11.3. The van der Waals surface area contributed by atoms with E-state index < -0.39 is 0 Å². The summed E-state index contributed by atoms with van der Waals surface area (Å²) in [6, 6.07) is 9.64. The van der Waals surface area contributed by atoms with Crippen molar-refractivity contribution in [1.82, 2.24) is 4.90 Å². The van der Waals surface area contributed by atoms with Gasteiger partial charge in [0, 0.05) is 6.54 Å². The lowest BCUT2D eigenvalue weighted by Gasteiger charge is -2.14. The number of furan rings is 1. The van der Waals surface area contributed by atoms with Crippen molar-refractivity contribution in [2.24, 2.45) is 0 Å². The minimum Gasteiger partial charge on any atom is -0.487 e. The van der Waals surface area contributed by atoms with Crippen LogP contribution < -0.4 is 4.74 Å². The Labute approximate surface area is 112 Å². The fourth-order valence-electron chi connectivity index (χ4n) is 2.52. The van der Waals surface area contributed by atoms with E-state index in [1.165, 1.54) is 12.8 Å². The first-order chi connectivity index (χ1) is 9.38. The molecule has 0 radical (unpaired) electrons. The van der Waals surface area contributed by atoms with Gasteiger partial charge in [0.25, 0.3) is 0 Å². The van der Waals surface area contributed by atoms with Crippen molar-refractivity contribution in [1.29, 1.82) is 5.26 Å². The third-order valence-corrected chi connectivity index (χ3v) is 3.50. The Balaban J connectivity index is 1.74. The zero-order valence-electron chi connectivity index (χ0n) is 10.8. The standard InChI is InChI=1S/C15H16N2O2/c16-11-14-15(12-5-1-2-6-13(12)19-14)18-10-9-17-7-3-4-8-17/h1-2,5-6H,3-4,7-10H2. The van der Waals surface area contributed by atoms with Gasteiger partial charge in [-0.05, 0) is 38.1 Å². The molecular weight excluding hydrogens is 240 g/mol. The maximum Gasteiger partial charge on any atom is 0.246 e. The van der Waals surface area contributed by atoms with Crippen LogP contribution in [0.1, 0.15) is 18.6 Å². The van der Waals surface area contributed by atoms with Gasteiger partial charge in [-0.15, -0.1) is 0 Å². The van der Waals surface area contributed by atoms with E-state index in [4.69, 9.17) is 14.4 Å². The molecule has 3 rings (SSSR count). The van der Waals surface area contributed by atoms with E-state index in [-0.39, 0.29) is 5.76 Å². The number of ether oxygens (including phenoxy) is 1. The molecule has 1 aromatic heterocycles. The second kappa shape index (κ2) is 5.33. The summed E-state index contributed by atoms with van der Waals surface area (Å²) in [5.74, 6) is 0.847. The fraction of sp³-hybridized carbons (Fsp3) is 0.400. The molecule has 1 aliphatic heterocycles. The van der Waals surface area contributed by atoms with E-state index in [1.54, 1.807) is 0 Å². The molecule has 19 heavy (non-hydrogen) atoms. The van der Waals surface area contributed by atoms with E-state index in [2.05, 4.69) is 11.0 Å². The van der Waals surface area contributed by atoms with Crippen molar-refractivity contribution < 1.29 is 9.15 Å². The first-order valence-corrected chi connectivity index (χ1v) is 6.65. The van der Waals surface area contributed by atoms with E-state index in [0.29, 0.717) is 17.9 Å². The zero-order chi connectivity index (χ0) is 13.1. The van der Waals surface area contributed by atoms with Crippen molar-refractivity contribution in [3.63, 3.8) is 0 Å². The lowest BCUT2D eigenvalue weighted by molar-refractivity contribution is 0.237. The predicted molar refractivity (Wildman–Crippen MR) is 72.1 cm³/mol. The van der Waals surface area contributed by atoms with Crippen LogP contribution in [-0.4, -0.2) is 31.1 Å². The molecule has 1 fully saturated rings. The van der Waals surface area contributed by atoms with Crippen LogP contribution in [0.5, 0.6) is 5.75 Å². The number of para-hydroxylation sites is 1. The van der Waals surface area contributed by atoms with Crippen LogP contribution in [0, 0.1) is 11.3 Å². The van der Waals surface area contributed by atoms with Gasteiger partial charge in [-0.1, -0.05) is 12.1 Å². The quantitative estimate of drug-likeness (QED) is 0.844. The average Bonchev–Trinajstić information content (AvgIpc) is 3.06. The van der Waals surface area contributed by atoms with Gasteiger partial charge in [-0.3, -0.25) is 4.90 Å². The average molecular weight is 256 g/mol. The van der Waals surface area contributed by atoms with Gasteiger partial charge in [-0.25, -0.2) is 0 Å². The molecular formula is C15H16N2O2. The van der Waals surface area contributed by atoms with Crippen molar-refractivity contribution >= 4 is 11.0 Å². The molecule has 0 N–H and O–H groups in total. The summed E-state index contributed by atoms with van der Waals surface area (Å²) in [5.41, 5.74) is 0.704. The van der Waals surface area contributed by atoms with E-state index >= 15 is 0 Å². The first-order valence-electron chi connectivity index (χ1n) is 6.65. The lowest BCUT2D eigenvalue weighted by atomic mass is 10.2. The molecule has 1 aliphatic rings. The Hall–Kier alpha value is -1.99. The molecule has 1 aromatic carbocycles. The summed E-state index contributed by atoms with van der Waals surface area (Å²) in [7, 11) is 0. The highest BCUT2D eigenvalue weighted by molar-refractivity contribution is 5.86. The predicted octanol–water partition coefficient (Wildman–Crippen LogP) is 2.78. The third-order valence-electron chi connectivity index (χ3n) is 3.50. The van der Waals surface area contributed by atoms with Crippen molar-refractivity contribution in [2.75, 3.05) is 26.2 Å². The number of benzene rings is 1. The first kappa shape index (κ1) is 12.1. The zero-order valence-corrected chi connectivity index (χ0v) is 10.8. The monoisotopic (exact) mass is 256 g/mol. The van der Waals surface area contributed by atoms with Gasteiger partial charge < -0.3 is 9.15 Å². The molecule has 1 saturated heterocycles. The van der Waals surface area contributed by atoms with E-state index in [1.807, 2.05) is 24.3 Å². The summed E-state index contributed by atoms with van der Waals surface area (Å²) in [6.45, 7) is 3.81. The Morgan fingerprint density at radius 1 is 1.26 bits per heavy atom. The molecule has 98 valence electrons. The van der Waals surface area contributed by atoms with Gasteiger partial charge in [0.2, 0.25) is 5.76 Å². The number of nitriles is 1. The summed E-state index contributed by atoms with van der Waals surface area (Å²) in [6.07, 6.45) is 2.55. The molecule has 2 aromatic rings. The number of rotatable bonds is 4. The third kappa shape index (κ3) is 2.42. The highest BCUT2D eigenvalue weighted by Crippen LogP contribution is 2.32. The summed E-state index contributed by atoms with van der Waals surface area (Å²) in [4.78, 5) is 2.38. The molecule has 0 atom stereocenters. The maximum atomic E-state index is 9.10. The minimum atomic E-state index is 0.266. The van der Waals surface area contributed by atoms with Gasteiger partial charge in [0.05, 0.1) is 5.39 Å². The highest BCUT2D eigenvalue weighted by atomic mass is 16.5. The Kier molecular flexibility index (Phi) is 3.39. The number of fused-ring (bicyclic) bond motifs is 1. The second-order valence-corrected chi connectivity index (χ2v) is 4.77. The molecule has 0 aliphatic carbocycles. The van der Waals surface area contributed by atoms with Crippen LogP contribution in [0.25, 0.3) is 11.0 Å². The molecule has 0 unspecified atom stereocenters. The van der Waals surface area contributed by atoms with Crippen LogP contribution in [0.3, 0.4) is 0 Å². The number of nitrogens with zero attached hydrogens (tertiary/aromatic N) is 2. The van der Waals surface area contributed by atoms with Crippen LogP contribution in [-0.2, 0) is 0 Å². The molecule has 4 heteroatoms. The number of likely N-dealkylation sites (tertiary alicyclic amines) is 1. The van der Waals surface area contributed by atoms with Crippen molar-refractivity contribution in [3.8, 4) is 11.8 Å². The molecule has 0 saturated carbocycles. The Morgan fingerprint density at radius 2 is 2.05 bits per heavy atom. The number of hydrogen-bond acceptors (Lipinski definition) is 4. The summed E-state index contributed by atoms with van der Waals surface area (Å²) >= 11 is 0. The SMILES string of the molecule is N#Cc1oc2ccccc2c1OCCN1CCCC1. The van der Waals surface area contributed by atoms with E-state index in [0.717, 1.165) is 25.0 Å². The lowest BCUT2D eigenvalue weighted by Crippen LogP contribution is -2.25. The molecule has 0 spiro atoms. The second-order valence-electron chi connectivity index (χ2n) is 4.77. The van der Waals surface area contributed by atoms with Crippen LogP contribution >= 0.6 is 0 Å². The number of hydrogen-bond donors (Lipinski definition) is 0. The van der Waals surface area contributed by atoms with Gasteiger partial charge in [0.15, 0.2) is 5.75 Å². The highest BCUT2D eigenvalue weighted by Gasteiger charge is 2.16. The van der Waals surface area contributed by atoms with E-state index in [9.17, 15) is 0 Å². The van der Waals surface area contributed by atoms with Gasteiger partial charge in [-0.2, -0.15) is 5.26 Å². The Morgan fingerprint density at radius 3 is 2.84 bits per heavy atom. The normalized spacial score (nSPS) is 15.7. The van der Waals surface area contributed by atoms with Gasteiger partial charge >= 0.3 is 0 Å². The largest absolute Gasteiger partial charge is 0.487 e. The minimum absolute atomic E-state index is 0.266. The molecule has 0 bridgehead atoms. The maximum absolute atomic E-state index is 9.10. The fourth-order valence-corrected chi connectivity index (χ4v) is 2.52. The van der Waals surface area contributed by atoms with Crippen LogP contribution in [0.4, 0.5) is 0 Å². The van der Waals surface area contributed by atoms with Gasteiger partial charge in [0.1, 0.15) is 18.3 Å². The molecule has 0 amide bonds. The topological polar surface area (TPSA) is 49.4 Å². The summed E-state index contributed by atoms with van der Waals surface area (Å²) in [5, 5.41) is 9.97. The van der Waals surface area contributed by atoms with Crippen molar-refractivity contribution in [2.45, 2.75) is 12.8 Å². The molecule has 4 nitrogen and oxygen atoms in total.